The third kappa shape index (κ3) is 2.61. The third-order valence-electron chi connectivity index (χ3n) is 3.51. The Morgan fingerprint density at radius 1 is 1.08 bits per heavy atom. The van der Waals surface area contributed by atoms with Crippen molar-refractivity contribution in [2.75, 3.05) is 5.32 Å². The topological polar surface area (TPSA) is 80.7 Å². The van der Waals surface area contributed by atoms with Crippen LogP contribution < -0.4 is 14.8 Å². The molecule has 0 bridgehead atoms. The number of rotatable bonds is 2. The number of nitrogens with one attached hydrogen (secondary N) is 1. The number of hydrogen-bond acceptors (Lipinski definition) is 5. The highest BCUT2D eigenvalue weighted by Crippen LogP contribution is 2.35. The molecule has 2 heterocycles. The summed E-state index contributed by atoms with van der Waals surface area (Å²) in [6.07, 6.45) is 2.78. The number of fused-ring (bicyclic) bond motifs is 2. The standard InChI is InChI=1S/C18H12N2O4/c21-13-5-6-15-16(8-13)23-10-17(24-15)18(22)20-12-7-11-3-1-2-4-14(11)19-9-12/h1-10,21H,(H,20,22). The lowest BCUT2D eigenvalue weighted by molar-refractivity contribution is -0.115. The van der Waals surface area contributed by atoms with Crippen LogP contribution >= 0.6 is 0 Å². The Morgan fingerprint density at radius 2 is 1.96 bits per heavy atom. The second-order valence-electron chi connectivity index (χ2n) is 5.20. The summed E-state index contributed by atoms with van der Waals surface area (Å²) in [6.45, 7) is 0. The fourth-order valence-electron chi connectivity index (χ4n) is 2.36. The molecule has 6 nitrogen and oxygen atoms in total. The average molecular weight is 320 g/mol. The van der Waals surface area contributed by atoms with E-state index in [1.807, 2.05) is 30.3 Å². The van der Waals surface area contributed by atoms with Gasteiger partial charge in [0.25, 0.3) is 5.91 Å². The van der Waals surface area contributed by atoms with Crippen LogP contribution in [0.3, 0.4) is 0 Å². The summed E-state index contributed by atoms with van der Waals surface area (Å²) in [6, 6.07) is 13.8. The summed E-state index contributed by atoms with van der Waals surface area (Å²) in [4.78, 5) is 16.6. The van der Waals surface area contributed by atoms with Crippen molar-refractivity contribution in [3.8, 4) is 17.2 Å². The van der Waals surface area contributed by atoms with E-state index in [-0.39, 0.29) is 11.5 Å². The van der Waals surface area contributed by atoms with Crippen LogP contribution in [0.15, 0.2) is 66.7 Å². The molecule has 0 atom stereocenters. The molecule has 24 heavy (non-hydrogen) atoms. The minimum atomic E-state index is -0.453. The van der Waals surface area contributed by atoms with E-state index in [0.29, 0.717) is 17.2 Å². The number of phenolic OH excluding ortho intramolecular Hbond substituents is 1. The van der Waals surface area contributed by atoms with E-state index in [2.05, 4.69) is 10.3 Å². The zero-order valence-corrected chi connectivity index (χ0v) is 12.4. The average Bonchev–Trinajstić information content (AvgIpc) is 2.61. The number of phenols is 1. The van der Waals surface area contributed by atoms with E-state index in [1.54, 1.807) is 6.20 Å². The number of hydrogen-bond donors (Lipinski definition) is 2. The molecule has 1 aromatic heterocycles. The SMILES string of the molecule is O=C(Nc1cnc2ccccc2c1)C1=COc2cc(O)ccc2O1. The smallest absolute Gasteiger partial charge is 0.294 e. The molecule has 0 saturated carbocycles. The Balaban J connectivity index is 1.54. The number of anilines is 1. The monoisotopic (exact) mass is 320 g/mol. The molecule has 2 aromatic carbocycles. The van der Waals surface area contributed by atoms with Crippen molar-refractivity contribution in [1.82, 2.24) is 4.98 Å². The minimum Gasteiger partial charge on any atom is -0.508 e. The van der Waals surface area contributed by atoms with Gasteiger partial charge in [-0.2, -0.15) is 0 Å². The number of ether oxygens (including phenoxy) is 2. The van der Waals surface area contributed by atoms with Crippen LogP contribution in [-0.2, 0) is 4.79 Å². The van der Waals surface area contributed by atoms with Crippen molar-refractivity contribution in [2.24, 2.45) is 0 Å². The summed E-state index contributed by atoms with van der Waals surface area (Å²) in [5, 5.41) is 13.0. The molecule has 0 aliphatic carbocycles. The maximum absolute atomic E-state index is 12.3. The molecule has 0 saturated heterocycles. The number of amides is 1. The van der Waals surface area contributed by atoms with Gasteiger partial charge in [0.1, 0.15) is 12.0 Å². The summed E-state index contributed by atoms with van der Waals surface area (Å²) >= 11 is 0. The molecule has 3 aromatic rings. The molecule has 2 N–H and O–H groups in total. The maximum Gasteiger partial charge on any atom is 0.294 e. The summed E-state index contributed by atoms with van der Waals surface area (Å²) in [5.41, 5.74) is 1.40. The third-order valence-corrected chi connectivity index (χ3v) is 3.51. The lowest BCUT2D eigenvalue weighted by Crippen LogP contribution is -2.21. The molecule has 4 rings (SSSR count). The molecule has 0 unspecified atom stereocenters. The fourth-order valence-corrected chi connectivity index (χ4v) is 2.36. The second-order valence-corrected chi connectivity index (χ2v) is 5.20. The van der Waals surface area contributed by atoms with Gasteiger partial charge in [0.2, 0.25) is 5.76 Å². The summed E-state index contributed by atoms with van der Waals surface area (Å²) in [7, 11) is 0. The molecule has 0 radical (unpaired) electrons. The van der Waals surface area contributed by atoms with Crippen LogP contribution in [0.1, 0.15) is 0 Å². The molecular formula is C18H12N2O4. The van der Waals surface area contributed by atoms with E-state index >= 15 is 0 Å². The van der Waals surface area contributed by atoms with Gasteiger partial charge in [-0.1, -0.05) is 18.2 Å². The Hall–Kier alpha value is -3.54. The number of carbonyl (C=O) groups excluding carboxylic acids is 1. The zero-order valence-electron chi connectivity index (χ0n) is 12.4. The number of nitrogens with zero attached hydrogens (tertiary/aromatic N) is 1. The van der Waals surface area contributed by atoms with Gasteiger partial charge in [-0.3, -0.25) is 9.78 Å². The first-order valence-corrected chi connectivity index (χ1v) is 7.23. The largest absolute Gasteiger partial charge is 0.508 e. The van der Waals surface area contributed by atoms with Crippen molar-refractivity contribution in [1.29, 1.82) is 0 Å². The van der Waals surface area contributed by atoms with Crippen LogP contribution in [0.25, 0.3) is 10.9 Å². The molecule has 6 heteroatoms. The van der Waals surface area contributed by atoms with Crippen molar-refractivity contribution >= 4 is 22.5 Å². The minimum absolute atomic E-state index is 0.0151. The summed E-state index contributed by atoms with van der Waals surface area (Å²) in [5.74, 6) is 0.323. The van der Waals surface area contributed by atoms with Gasteiger partial charge in [0.05, 0.1) is 17.4 Å². The predicted octanol–water partition coefficient (Wildman–Crippen LogP) is 3.19. The van der Waals surface area contributed by atoms with Gasteiger partial charge in [-0.15, -0.1) is 0 Å². The molecule has 1 amide bonds. The van der Waals surface area contributed by atoms with Gasteiger partial charge in [0, 0.05) is 11.5 Å². The number of aromatic hydroxyl groups is 1. The molecule has 0 spiro atoms. The first-order valence-electron chi connectivity index (χ1n) is 7.23. The molecule has 1 aliphatic rings. The number of para-hydroxylation sites is 1. The highest BCUT2D eigenvalue weighted by atomic mass is 16.6. The van der Waals surface area contributed by atoms with E-state index in [1.165, 1.54) is 24.5 Å². The normalized spacial score (nSPS) is 12.6. The van der Waals surface area contributed by atoms with Crippen molar-refractivity contribution < 1.29 is 19.4 Å². The molecule has 1 aliphatic heterocycles. The first-order chi connectivity index (χ1) is 11.7. The molecule has 118 valence electrons. The van der Waals surface area contributed by atoms with Crippen LogP contribution in [0.4, 0.5) is 5.69 Å². The van der Waals surface area contributed by atoms with Gasteiger partial charge in [0.15, 0.2) is 11.5 Å². The van der Waals surface area contributed by atoms with E-state index < -0.39 is 5.91 Å². The Bertz CT molecular complexity index is 982. The van der Waals surface area contributed by atoms with Crippen molar-refractivity contribution in [3.63, 3.8) is 0 Å². The Kier molecular flexibility index (Phi) is 3.28. The maximum atomic E-state index is 12.3. The van der Waals surface area contributed by atoms with E-state index in [0.717, 1.165) is 10.9 Å². The number of pyridine rings is 1. The first kappa shape index (κ1) is 14.1. The predicted molar refractivity (Wildman–Crippen MR) is 87.8 cm³/mol. The number of aromatic nitrogens is 1. The van der Waals surface area contributed by atoms with Gasteiger partial charge >= 0.3 is 0 Å². The van der Waals surface area contributed by atoms with E-state index in [4.69, 9.17) is 9.47 Å². The van der Waals surface area contributed by atoms with Gasteiger partial charge < -0.3 is 19.9 Å². The highest BCUT2D eigenvalue weighted by molar-refractivity contribution is 6.03. The lowest BCUT2D eigenvalue weighted by atomic mass is 10.2. The zero-order chi connectivity index (χ0) is 16.5. The Morgan fingerprint density at radius 3 is 2.88 bits per heavy atom. The van der Waals surface area contributed by atoms with Crippen LogP contribution in [0.5, 0.6) is 17.2 Å². The highest BCUT2D eigenvalue weighted by Gasteiger charge is 2.20. The molecule has 0 fully saturated rings. The van der Waals surface area contributed by atoms with Crippen LogP contribution in [0, 0.1) is 0 Å². The quantitative estimate of drug-likeness (QED) is 0.758. The fraction of sp³-hybridized carbons (Fsp3) is 0. The number of carbonyl (C=O) groups is 1. The van der Waals surface area contributed by atoms with Gasteiger partial charge in [-0.05, 0) is 24.3 Å². The number of benzene rings is 2. The van der Waals surface area contributed by atoms with Crippen molar-refractivity contribution in [2.45, 2.75) is 0 Å². The summed E-state index contributed by atoms with van der Waals surface area (Å²) < 4.78 is 10.8. The van der Waals surface area contributed by atoms with Crippen LogP contribution in [0.2, 0.25) is 0 Å². The van der Waals surface area contributed by atoms with Crippen LogP contribution in [-0.4, -0.2) is 16.0 Å². The molecular weight excluding hydrogens is 308 g/mol. The van der Waals surface area contributed by atoms with Gasteiger partial charge in [-0.25, -0.2) is 0 Å². The lowest BCUT2D eigenvalue weighted by Gasteiger charge is -2.17. The Labute approximate surface area is 137 Å². The van der Waals surface area contributed by atoms with E-state index in [9.17, 15) is 9.90 Å². The van der Waals surface area contributed by atoms with Crippen molar-refractivity contribution in [3.05, 3.63) is 66.7 Å². The second kappa shape index (κ2) is 5.58.